The first-order chi connectivity index (χ1) is 10.4. The van der Waals surface area contributed by atoms with Crippen molar-refractivity contribution in [2.45, 2.75) is 42.5 Å². The summed E-state index contributed by atoms with van der Waals surface area (Å²) in [7, 11) is -5.00. The minimum absolute atomic E-state index is 0.637. The Labute approximate surface area is 130 Å². The first-order valence-corrected chi connectivity index (χ1v) is 7.69. The average Bonchev–Trinajstić information content (AvgIpc) is 2.39. The topological polar surface area (TPSA) is 63.2 Å². The van der Waals surface area contributed by atoms with E-state index in [0.717, 1.165) is 0 Å². The van der Waals surface area contributed by atoms with Crippen molar-refractivity contribution in [2.24, 2.45) is 0 Å². The Hall–Kier alpha value is -1.21. The summed E-state index contributed by atoms with van der Waals surface area (Å²) in [5.41, 5.74) is 0. The Morgan fingerprint density at radius 1 is 0.875 bits per heavy atom. The minimum Gasteiger partial charge on any atom is -0.355 e. The Kier molecular flexibility index (Phi) is 6.61. The van der Waals surface area contributed by atoms with Gasteiger partial charge in [0.2, 0.25) is 0 Å². The number of hydrogen-bond donors (Lipinski definition) is 1. The zero-order valence-electron chi connectivity index (χ0n) is 11.9. The molecule has 0 aliphatic carbocycles. The van der Waals surface area contributed by atoms with Crippen molar-refractivity contribution in [3.63, 3.8) is 0 Å². The van der Waals surface area contributed by atoms with E-state index >= 15 is 0 Å². The summed E-state index contributed by atoms with van der Waals surface area (Å²) in [6.07, 6.45) is -17.9. The number of rotatable bonds is 7. The molecule has 0 saturated heterocycles. The lowest BCUT2D eigenvalue weighted by molar-refractivity contribution is -0.285. The molecule has 0 aliphatic heterocycles. The molecule has 1 N–H and O–H groups in total. The Morgan fingerprint density at radius 2 is 1.33 bits per heavy atom. The van der Waals surface area contributed by atoms with E-state index in [1.807, 2.05) is 0 Å². The third-order valence-corrected chi connectivity index (χ3v) is 5.01. The fourth-order valence-electron chi connectivity index (χ4n) is 1.47. The first-order valence-electron chi connectivity index (χ1n) is 6.04. The van der Waals surface area contributed by atoms with E-state index in [2.05, 4.69) is 0 Å². The largest absolute Gasteiger partial charge is 0.453 e. The van der Waals surface area contributed by atoms with Gasteiger partial charge in [0.15, 0.2) is 9.84 Å². The summed E-state index contributed by atoms with van der Waals surface area (Å²) >= 11 is 0. The van der Waals surface area contributed by atoms with Crippen LogP contribution in [-0.2, 0) is 14.6 Å². The van der Waals surface area contributed by atoms with Crippen molar-refractivity contribution in [1.82, 2.24) is 5.32 Å². The smallest absolute Gasteiger partial charge is 0.355 e. The molecule has 1 atom stereocenters. The standard InChI is InChI=1S/C10H12F9NO3S/c1-20-6(21)7(11,2-3-8(12,13)10(17,18)19)24(22,23)5-4-9(14,15)16/h2-5H2,1H3,(H,20,21). The maximum atomic E-state index is 14.4. The van der Waals surface area contributed by atoms with Gasteiger partial charge < -0.3 is 5.32 Å². The number of halogens is 9. The maximum absolute atomic E-state index is 14.4. The third kappa shape index (κ3) is 5.41. The molecule has 144 valence electrons. The number of sulfone groups is 1. The van der Waals surface area contributed by atoms with Gasteiger partial charge in [0.05, 0.1) is 12.2 Å². The number of amides is 1. The van der Waals surface area contributed by atoms with Crippen LogP contribution in [0.15, 0.2) is 0 Å². The molecular weight excluding hydrogens is 385 g/mol. The molecule has 0 spiro atoms. The van der Waals surface area contributed by atoms with Gasteiger partial charge in [-0.3, -0.25) is 4.79 Å². The number of nitrogens with one attached hydrogen (secondary N) is 1. The van der Waals surface area contributed by atoms with E-state index in [-0.39, 0.29) is 0 Å². The summed E-state index contributed by atoms with van der Waals surface area (Å²) in [5.74, 6) is -9.65. The molecule has 0 bridgehead atoms. The lowest BCUT2D eigenvalue weighted by atomic mass is 10.1. The lowest BCUT2D eigenvalue weighted by Crippen LogP contribution is -2.51. The van der Waals surface area contributed by atoms with Crippen molar-refractivity contribution in [1.29, 1.82) is 0 Å². The second kappa shape index (κ2) is 6.96. The highest BCUT2D eigenvalue weighted by Crippen LogP contribution is 2.42. The van der Waals surface area contributed by atoms with Gasteiger partial charge in [0.25, 0.3) is 10.9 Å². The second-order valence-corrected chi connectivity index (χ2v) is 6.98. The molecule has 0 aromatic carbocycles. The molecule has 0 heterocycles. The molecule has 14 heteroatoms. The lowest BCUT2D eigenvalue weighted by Gasteiger charge is -2.26. The van der Waals surface area contributed by atoms with Crippen molar-refractivity contribution >= 4 is 15.7 Å². The average molecular weight is 397 g/mol. The quantitative estimate of drug-likeness (QED) is 0.672. The number of alkyl halides is 9. The zero-order valence-corrected chi connectivity index (χ0v) is 12.7. The fourth-order valence-corrected chi connectivity index (χ4v) is 3.09. The van der Waals surface area contributed by atoms with Crippen LogP contribution in [-0.4, -0.2) is 50.4 Å². The molecule has 24 heavy (non-hydrogen) atoms. The molecule has 0 aromatic heterocycles. The van der Waals surface area contributed by atoms with E-state index in [1.54, 1.807) is 0 Å². The molecule has 0 rings (SSSR count). The number of hydrogen-bond acceptors (Lipinski definition) is 3. The first kappa shape index (κ1) is 22.8. The van der Waals surface area contributed by atoms with Crippen LogP contribution in [0, 0.1) is 0 Å². The fraction of sp³-hybridized carbons (Fsp3) is 0.900. The van der Waals surface area contributed by atoms with Crippen molar-refractivity contribution in [2.75, 3.05) is 12.8 Å². The summed E-state index contributed by atoms with van der Waals surface area (Å²) in [6, 6.07) is 0. The Morgan fingerprint density at radius 3 is 1.67 bits per heavy atom. The summed E-state index contributed by atoms with van der Waals surface area (Å²) in [5, 5.41) is -2.98. The molecule has 0 aromatic rings. The van der Waals surface area contributed by atoms with Crippen LogP contribution in [0.1, 0.15) is 19.3 Å². The van der Waals surface area contributed by atoms with Gasteiger partial charge in [-0.05, 0) is 0 Å². The van der Waals surface area contributed by atoms with Gasteiger partial charge in [0, 0.05) is 19.9 Å². The Balaban J connectivity index is 5.56. The third-order valence-electron chi connectivity index (χ3n) is 2.89. The van der Waals surface area contributed by atoms with Crippen LogP contribution in [0.2, 0.25) is 0 Å². The van der Waals surface area contributed by atoms with Gasteiger partial charge in [-0.15, -0.1) is 0 Å². The highest BCUT2D eigenvalue weighted by Gasteiger charge is 2.60. The van der Waals surface area contributed by atoms with Crippen LogP contribution < -0.4 is 5.32 Å². The number of carbonyl (C=O) groups is 1. The van der Waals surface area contributed by atoms with E-state index in [0.29, 0.717) is 7.05 Å². The number of carbonyl (C=O) groups excluding carboxylic acids is 1. The minimum atomic E-state index is -6.15. The zero-order chi connectivity index (χ0) is 19.6. The van der Waals surface area contributed by atoms with Crippen LogP contribution in [0.4, 0.5) is 39.5 Å². The van der Waals surface area contributed by atoms with Gasteiger partial charge in [0.1, 0.15) is 0 Å². The molecule has 0 aliphatic rings. The van der Waals surface area contributed by atoms with Crippen molar-refractivity contribution in [3.05, 3.63) is 0 Å². The van der Waals surface area contributed by atoms with Crippen molar-refractivity contribution in [3.8, 4) is 0 Å². The summed E-state index contributed by atoms with van der Waals surface area (Å²) in [6.45, 7) is 0. The van der Waals surface area contributed by atoms with E-state index in [1.165, 1.54) is 5.32 Å². The summed E-state index contributed by atoms with van der Waals surface area (Å²) < 4.78 is 135. The van der Waals surface area contributed by atoms with Gasteiger partial charge >= 0.3 is 18.3 Å². The molecule has 0 fully saturated rings. The van der Waals surface area contributed by atoms with Gasteiger partial charge in [-0.25, -0.2) is 12.8 Å². The summed E-state index contributed by atoms with van der Waals surface area (Å²) in [4.78, 5) is 11.3. The van der Waals surface area contributed by atoms with Gasteiger partial charge in [-0.2, -0.15) is 35.1 Å². The maximum Gasteiger partial charge on any atom is 0.453 e. The monoisotopic (exact) mass is 397 g/mol. The SMILES string of the molecule is CNC(=O)C(F)(CCC(F)(F)C(F)(F)F)S(=O)(=O)CCC(F)(F)F. The van der Waals surface area contributed by atoms with Crippen LogP contribution in [0.25, 0.3) is 0 Å². The highest BCUT2D eigenvalue weighted by atomic mass is 32.2. The molecule has 1 amide bonds. The predicted octanol–water partition coefficient (Wildman–Crippen LogP) is 2.74. The molecule has 0 radical (unpaired) electrons. The molecule has 0 saturated carbocycles. The normalized spacial score (nSPS) is 16.6. The van der Waals surface area contributed by atoms with E-state index in [9.17, 15) is 52.7 Å². The van der Waals surface area contributed by atoms with Crippen LogP contribution in [0.3, 0.4) is 0 Å². The highest BCUT2D eigenvalue weighted by molar-refractivity contribution is 7.93. The molecular formula is C10H12F9NO3S. The molecule has 4 nitrogen and oxygen atoms in total. The van der Waals surface area contributed by atoms with E-state index in [4.69, 9.17) is 0 Å². The van der Waals surface area contributed by atoms with Crippen LogP contribution in [0.5, 0.6) is 0 Å². The van der Waals surface area contributed by atoms with Crippen molar-refractivity contribution < 1.29 is 52.7 Å². The van der Waals surface area contributed by atoms with Crippen LogP contribution >= 0.6 is 0 Å². The molecule has 1 unspecified atom stereocenters. The second-order valence-electron chi connectivity index (χ2n) is 4.69. The predicted molar refractivity (Wildman–Crippen MR) is 62.6 cm³/mol. The Bertz CT molecular complexity index is 555. The van der Waals surface area contributed by atoms with Gasteiger partial charge in [-0.1, -0.05) is 0 Å². The van der Waals surface area contributed by atoms with E-state index < -0.39 is 64.0 Å².